The van der Waals surface area contributed by atoms with Crippen molar-refractivity contribution in [3.05, 3.63) is 185 Å². The maximum absolute atomic E-state index is 5.07. The van der Waals surface area contributed by atoms with Gasteiger partial charge in [0.15, 0.2) is 0 Å². The lowest BCUT2D eigenvalue weighted by Crippen LogP contribution is -2.02. The Morgan fingerprint density at radius 1 is 0.375 bits per heavy atom. The molecule has 0 aliphatic rings. The summed E-state index contributed by atoms with van der Waals surface area (Å²) >= 11 is 0. The minimum Gasteiger partial charge on any atom is -0.309 e. The second-order valence-electron chi connectivity index (χ2n) is 15.5. The molecular weight excluding hydrogens is 679 g/mol. The minimum atomic E-state index is 0.974. The summed E-state index contributed by atoms with van der Waals surface area (Å²) in [4.78, 5) is 5.07. The van der Waals surface area contributed by atoms with Crippen molar-refractivity contribution in [2.45, 2.75) is 41.5 Å². The molecule has 0 aliphatic carbocycles. The highest BCUT2D eigenvalue weighted by Gasteiger charge is 2.21. The molecule has 0 unspecified atom stereocenters. The van der Waals surface area contributed by atoms with Gasteiger partial charge in [-0.1, -0.05) is 97.1 Å². The van der Waals surface area contributed by atoms with Crippen LogP contribution in [0.2, 0.25) is 0 Å². The molecule has 0 N–H and O–H groups in total. The van der Waals surface area contributed by atoms with Gasteiger partial charge in [-0.25, -0.2) is 0 Å². The third-order valence-electron chi connectivity index (χ3n) is 12.1. The Bertz CT molecular complexity index is 2880. The van der Waals surface area contributed by atoms with Gasteiger partial charge >= 0.3 is 0 Å². The number of aromatic nitrogens is 3. The van der Waals surface area contributed by atoms with E-state index in [2.05, 4.69) is 202 Å². The summed E-state index contributed by atoms with van der Waals surface area (Å²) in [6.45, 7) is 13.4. The minimum absolute atomic E-state index is 0.974. The van der Waals surface area contributed by atoms with E-state index in [1.807, 2.05) is 0 Å². The average Bonchev–Trinajstić information content (AvgIpc) is 3.73. The number of benzene rings is 7. The van der Waals surface area contributed by atoms with E-state index in [1.165, 1.54) is 105 Å². The van der Waals surface area contributed by atoms with Crippen LogP contribution in [-0.2, 0) is 0 Å². The molecule has 3 heteroatoms. The van der Waals surface area contributed by atoms with Crippen LogP contribution < -0.4 is 0 Å². The number of hydrogen-bond donors (Lipinski definition) is 0. The molecule has 0 saturated carbocycles. The zero-order valence-electron chi connectivity index (χ0n) is 32.8. The van der Waals surface area contributed by atoms with Crippen LogP contribution in [0, 0.1) is 41.5 Å². The van der Waals surface area contributed by atoms with Crippen molar-refractivity contribution < 1.29 is 0 Å². The molecule has 3 heterocycles. The molecule has 0 radical (unpaired) electrons. The first-order valence-electron chi connectivity index (χ1n) is 19.6. The van der Waals surface area contributed by atoms with Crippen molar-refractivity contribution in [2.24, 2.45) is 0 Å². The van der Waals surface area contributed by atoms with Gasteiger partial charge in [0.05, 0.1) is 27.8 Å². The molecule has 0 fully saturated rings. The van der Waals surface area contributed by atoms with Gasteiger partial charge in [0, 0.05) is 44.7 Å². The first kappa shape index (κ1) is 33.8. The standard InChI is InChI=1S/C53H43N3/c1-32-23-26-38(29-43(32)52-33(2)24-27-46(36(52)5)55-48-19-11-7-15-39(48)40-16-8-12-20-49(40)55)45-30-44(35(4)31-54-45)53-34(3)25-28-47(37(53)6)56-50-21-13-9-17-41(50)42-18-10-14-22-51(42)56/h7-31H,1-6H3. The Morgan fingerprint density at radius 2 is 0.768 bits per heavy atom. The first-order valence-corrected chi connectivity index (χ1v) is 19.6. The van der Waals surface area contributed by atoms with Crippen LogP contribution in [0.5, 0.6) is 0 Å². The lowest BCUT2D eigenvalue weighted by Gasteiger charge is -2.20. The van der Waals surface area contributed by atoms with Crippen molar-refractivity contribution in [2.75, 3.05) is 0 Å². The van der Waals surface area contributed by atoms with Crippen molar-refractivity contribution in [1.82, 2.24) is 14.1 Å². The third kappa shape index (κ3) is 5.08. The zero-order chi connectivity index (χ0) is 38.2. The number of nitrogens with zero attached hydrogens (tertiary/aromatic N) is 3. The number of pyridine rings is 1. The van der Waals surface area contributed by atoms with Crippen molar-refractivity contribution >= 4 is 43.6 Å². The van der Waals surface area contributed by atoms with Gasteiger partial charge in [-0.15, -0.1) is 0 Å². The summed E-state index contributed by atoms with van der Waals surface area (Å²) in [6, 6.07) is 53.3. The van der Waals surface area contributed by atoms with Crippen LogP contribution in [-0.4, -0.2) is 14.1 Å². The predicted molar refractivity (Wildman–Crippen MR) is 238 cm³/mol. The SMILES string of the molecule is Cc1ccc(-c2cc(-c3c(C)ccc(-n4c5ccccc5c5ccccc54)c3C)c(C)cn2)cc1-c1c(C)ccc(-n2c3ccccc3c3ccccc32)c1C. The van der Waals surface area contributed by atoms with Crippen LogP contribution in [0.15, 0.2) is 152 Å². The summed E-state index contributed by atoms with van der Waals surface area (Å²) in [5.41, 5.74) is 21.8. The number of aryl methyl sites for hydroxylation is 4. The van der Waals surface area contributed by atoms with E-state index in [9.17, 15) is 0 Å². The summed E-state index contributed by atoms with van der Waals surface area (Å²) in [5, 5.41) is 5.09. The smallest absolute Gasteiger partial charge is 0.0708 e. The highest BCUT2D eigenvalue weighted by atomic mass is 15.0. The summed E-state index contributed by atoms with van der Waals surface area (Å²) in [6.07, 6.45) is 2.05. The van der Waals surface area contributed by atoms with Gasteiger partial charge < -0.3 is 9.13 Å². The molecule has 0 atom stereocenters. The molecule has 10 aromatic rings. The number of para-hydroxylation sites is 4. The summed E-state index contributed by atoms with van der Waals surface area (Å²) in [7, 11) is 0. The third-order valence-corrected chi connectivity index (χ3v) is 12.1. The van der Waals surface area contributed by atoms with E-state index >= 15 is 0 Å². The monoisotopic (exact) mass is 721 g/mol. The van der Waals surface area contributed by atoms with Gasteiger partial charge in [0.2, 0.25) is 0 Å². The molecule has 3 nitrogen and oxygen atoms in total. The quantitative estimate of drug-likeness (QED) is 0.173. The molecule has 7 aromatic carbocycles. The zero-order valence-corrected chi connectivity index (χ0v) is 32.8. The van der Waals surface area contributed by atoms with E-state index in [0.29, 0.717) is 0 Å². The van der Waals surface area contributed by atoms with Crippen LogP contribution in [0.4, 0.5) is 0 Å². The van der Waals surface area contributed by atoms with Gasteiger partial charge in [-0.3, -0.25) is 4.98 Å². The van der Waals surface area contributed by atoms with Crippen LogP contribution >= 0.6 is 0 Å². The van der Waals surface area contributed by atoms with Crippen molar-refractivity contribution in [1.29, 1.82) is 0 Å². The van der Waals surface area contributed by atoms with Crippen molar-refractivity contribution in [3.63, 3.8) is 0 Å². The average molecular weight is 722 g/mol. The molecule has 270 valence electrons. The van der Waals surface area contributed by atoms with E-state index < -0.39 is 0 Å². The fourth-order valence-corrected chi connectivity index (χ4v) is 9.35. The Hall–Kier alpha value is -6.71. The molecule has 0 amide bonds. The summed E-state index contributed by atoms with van der Waals surface area (Å²) in [5.74, 6) is 0. The first-order chi connectivity index (χ1) is 27.3. The van der Waals surface area contributed by atoms with E-state index in [0.717, 1.165) is 16.8 Å². The molecule has 0 saturated heterocycles. The molecule has 56 heavy (non-hydrogen) atoms. The van der Waals surface area contributed by atoms with Crippen LogP contribution in [0.1, 0.15) is 33.4 Å². The van der Waals surface area contributed by atoms with Gasteiger partial charge in [-0.2, -0.15) is 0 Å². The lowest BCUT2D eigenvalue weighted by molar-refractivity contribution is 1.14. The number of hydrogen-bond acceptors (Lipinski definition) is 1. The molecule has 3 aromatic heterocycles. The molecule has 10 rings (SSSR count). The maximum atomic E-state index is 5.07. The number of rotatable bonds is 5. The molecule has 0 bridgehead atoms. The highest BCUT2D eigenvalue weighted by molar-refractivity contribution is 6.10. The Kier molecular flexibility index (Phi) is 7.83. The Morgan fingerprint density at radius 3 is 1.21 bits per heavy atom. The largest absolute Gasteiger partial charge is 0.309 e. The second-order valence-corrected chi connectivity index (χ2v) is 15.5. The highest BCUT2D eigenvalue weighted by Crippen LogP contribution is 2.41. The van der Waals surface area contributed by atoms with Crippen LogP contribution in [0.3, 0.4) is 0 Å². The normalized spacial score (nSPS) is 11.8. The predicted octanol–water partition coefficient (Wildman–Crippen LogP) is 14.1. The topological polar surface area (TPSA) is 22.8 Å². The number of fused-ring (bicyclic) bond motifs is 6. The van der Waals surface area contributed by atoms with E-state index in [1.54, 1.807) is 0 Å². The maximum Gasteiger partial charge on any atom is 0.0708 e. The van der Waals surface area contributed by atoms with Gasteiger partial charge in [-0.05, 0) is 146 Å². The van der Waals surface area contributed by atoms with Gasteiger partial charge in [0.1, 0.15) is 0 Å². The molecule has 0 aliphatic heterocycles. The lowest BCUT2D eigenvalue weighted by atomic mass is 9.88. The van der Waals surface area contributed by atoms with E-state index in [-0.39, 0.29) is 0 Å². The Balaban J connectivity index is 1.12. The Labute approximate surface area is 328 Å². The molecule has 0 spiro atoms. The van der Waals surface area contributed by atoms with Gasteiger partial charge in [0.25, 0.3) is 0 Å². The fraction of sp³-hybridized carbons (Fsp3) is 0.113. The van der Waals surface area contributed by atoms with Crippen LogP contribution in [0.25, 0.3) is 88.5 Å². The van der Waals surface area contributed by atoms with Crippen molar-refractivity contribution in [3.8, 4) is 44.9 Å². The summed E-state index contributed by atoms with van der Waals surface area (Å²) < 4.78 is 4.87. The second kappa shape index (κ2) is 13.0. The fourth-order valence-electron chi connectivity index (χ4n) is 9.35. The molecular formula is C53H43N3. The van der Waals surface area contributed by atoms with E-state index in [4.69, 9.17) is 4.98 Å².